The summed E-state index contributed by atoms with van der Waals surface area (Å²) in [6, 6.07) is 6.37. The molecule has 0 saturated carbocycles. The van der Waals surface area contributed by atoms with E-state index >= 15 is 0 Å². The minimum atomic E-state index is -5.71. The van der Waals surface area contributed by atoms with Crippen molar-refractivity contribution in [3.63, 3.8) is 0 Å². The van der Waals surface area contributed by atoms with Crippen LogP contribution >= 0.6 is 11.9 Å². The minimum Gasteiger partial charge on any atom is -0.426 e. The number of nitrogens with zero attached hydrogens (tertiary/aromatic N) is 3. The van der Waals surface area contributed by atoms with Crippen molar-refractivity contribution in [1.29, 1.82) is 0 Å². The standard InChI is InChI=1S/C23H29F6N3O2S/c1-35-32-11-6-16-4-2-5-17(18(16)15-32)14-31-10-3-7-21(31)8-12-30(13-9-21)20(33)34-19(22(24,25)26)23(27,28)29/h2,4-5,19H,3,6-15H2,1H3. The molecule has 0 N–H and O–H groups in total. The fourth-order valence-electron chi connectivity index (χ4n) is 5.54. The van der Waals surface area contributed by atoms with Crippen LogP contribution in [0.1, 0.15) is 42.4 Å². The van der Waals surface area contributed by atoms with Crippen molar-refractivity contribution in [2.24, 2.45) is 0 Å². The Hall–Kier alpha value is -1.66. The Kier molecular flexibility index (Phi) is 7.55. The maximum Gasteiger partial charge on any atom is 0.434 e. The van der Waals surface area contributed by atoms with Crippen LogP contribution in [0.5, 0.6) is 0 Å². The fraction of sp³-hybridized carbons (Fsp3) is 0.696. The van der Waals surface area contributed by atoms with E-state index in [1.807, 2.05) is 0 Å². The van der Waals surface area contributed by atoms with Gasteiger partial charge in [-0.1, -0.05) is 30.1 Å². The Morgan fingerprint density at radius 3 is 2.37 bits per heavy atom. The number of amides is 1. The summed E-state index contributed by atoms with van der Waals surface area (Å²) in [7, 11) is 0. The lowest BCUT2D eigenvalue weighted by atomic mass is 9.84. The number of carbonyl (C=O) groups is 1. The van der Waals surface area contributed by atoms with Crippen LogP contribution in [0.15, 0.2) is 18.2 Å². The lowest BCUT2D eigenvalue weighted by molar-refractivity contribution is -0.308. The van der Waals surface area contributed by atoms with Crippen LogP contribution in [-0.4, -0.2) is 76.6 Å². The van der Waals surface area contributed by atoms with Crippen molar-refractivity contribution in [2.75, 3.05) is 32.4 Å². The number of benzene rings is 1. The molecule has 0 atom stereocenters. The Bertz CT molecular complexity index is 903. The van der Waals surface area contributed by atoms with E-state index in [1.165, 1.54) is 16.7 Å². The van der Waals surface area contributed by atoms with Gasteiger partial charge >= 0.3 is 18.4 Å². The van der Waals surface area contributed by atoms with Gasteiger partial charge in [0.2, 0.25) is 0 Å². The van der Waals surface area contributed by atoms with Crippen LogP contribution in [0.2, 0.25) is 0 Å². The maximum atomic E-state index is 12.8. The van der Waals surface area contributed by atoms with Crippen molar-refractivity contribution >= 4 is 18.0 Å². The Balaban J connectivity index is 1.41. The summed E-state index contributed by atoms with van der Waals surface area (Å²) in [6.45, 7) is 3.59. The van der Waals surface area contributed by atoms with Gasteiger partial charge in [-0.2, -0.15) is 26.3 Å². The molecule has 0 unspecified atom stereocenters. The van der Waals surface area contributed by atoms with Gasteiger partial charge in [0.1, 0.15) is 0 Å². The molecule has 3 heterocycles. The zero-order valence-electron chi connectivity index (χ0n) is 19.4. The fourth-order valence-corrected chi connectivity index (χ4v) is 6.07. The molecule has 0 radical (unpaired) electrons. The number of ether oxygens (including phenoxy) is 1. The SMILES string of the molecule is CSN1CCc2cccc(CN3CCCC34CCN(C(=O)OC(C(F)(F)F)C(F)(F)F)CC4)c2C1. The summed E-state index contributed by atoms with van der Waals surface area (Å²) in [5.74, 6) is 0. The molecule has 1 spiro atoms. The summed E-state index contributed by atoms with van der Waals surface area (Å²) >= 11 is 1.72. The van der Waals surface area contributed by atoms with Gasteiger partial charge in [0.25, 0.3) is 6.10 Å². The molecular weight excluding hydrogens is 496 g/mol. The highest BCUT2D eigenvalue weighted by molar-refractivity contribution is 7.96. The van der Waals surface area contributed by atoms with Gasteiger partial charge in [-0.05, 0) is 61.6 Å². The van der Waals surface area contributed by atoms with Crippen LogP contribution in [0, 0.1) is 0 Å². The summed E-state index contributed by atoms with van der Waals surface area (Å²) in [5, 5.41) is 0. The summed E-state index contributed by atoms with van der Waals surface area (Å²) in [4.78, 5) is 15.5. The van der Waals surface area contributed by atoms with E-state index in [4.69, 9.17) is 0 Å². The second-order valence-electron chi connectivity index (χ2n) is 9.43. The average molecular weight is 526 g/mol. The third-order valence-corrected chi connectivity index (χ3v) is 8.29. The third-order valence-electron chi connectivity index (χ3n) is 7.46. The van der Waals surface area contributed by atoms with Gasteiger partial charge in [-0.15, -0.1) is 0 Å². The van der Waals surface area contributed by atoms with Crippen LogP contribution in [0.4, 0.5) is 31.1 Å². The maximum absolute atomic E-state index is 12.8. The normalized spacial score (nSPS) is 21.5. The molecule has 3 aliphatic rings. The van der Waals surface area contributed by atoms with Gasteiger partial charge in [0, 0.05) is 38.3 Å². The highest BCUT2D eigenvalue weighted by Crippen LogP contribution is 2.41. The first kappa shape index (κ1) is 26.4. The number of likely N-dealkylation sites (tertiary alicyclic amines) is 2. The molecule has 1 amide bonds. The molecule has 12 heteroatoms. The van der Waals surface area contributed by atoms with Gasteiger partial charge < -0.3 is 9.64 Å². The molecule has 5 nitrogen and oxygen atoms in total. The van der Waals surface area contributed by atoms with Crippen molar-refractivity contribution in [3.8, 4) is 0 Å². The second kappa shape index (κ2) is 10.0. The molecule has 1 aromatic rings. The predicted octanol–water partition coefficient (Wildman–Crippen LogP) is 5.38. The quantitative estimate of drug-likeness (QED) is 0.390. The Morgan fingerprint density at radius 2 is 1.74 bits per heavy atom. The van der Waals surface area contributed by atoms with Gasteiger partial charge in [-0.3, -0.25) is 4.90 Å². The zero-order chi connectivity index (χ0) is 25.4. The first-order valence-corrected chi connectivity index (χ1v) is 12.8. The van der Waals surface area contributed by atoms with Crippen molar-refractivity contribution in [1.82, 2.24) is 14.1 Å². The van der Waals surface area contributed by atoms with Crippen molar-refractivity contribution in [2.45, 2.75) is 69.2 Å². The third kappa shape index (κ3) is 5.69. The molecular formula is C23H29F6N3O2S. The highest BCUT2D eigenvalue weighted by Gasteiger charge is 2.60. The predicted molar refractivity (Wildman–Crippen MR) is 120 cm³/mol. The van der Waals surface area contributed by atoms with E-state index in [0.29, 0.717) is 12.8 Å². The smallest absolute Gasteiger partial charge is 0.426 e. The van der Waals surface area contributed by atoms with E-state index in [0.717, 1.165) is 50.3 Å². The Morgan fingerprint density at radius 1 is 1.06 bits per heavy atom. The number of carbonyl (C=O) groups excluding carboxylic acids is 1. The lowest BCUT2D eigenvalue weighted by Gasteiger charge is -2.45. The van der Waals surface area contributed by atoms with Gasteiger partial charge in [-0.25, -0.2) is 9.10 Å². The molecule has 0 aliphatic carbocycles. The number of fused-ring (bicyclic) bond motifs is 1. The van der Waals surface area contributed by atoms with Gasteiger partial charge in [0.15, 0.2) is 0 Å². The molecule has 1 aromatic carbocycles. The van der Waals surface area contributed by atoms with Crippen LogP contribution in [0.25, 0.3) is 0 Å². The number of hydrogen-bond donors (Lipinski definition) is 0. The van der Waals surface area contributed by atoms with Crippen LogP contribution in [-0.2, 0) is 24.2 Å². The van der Waals surface area contributed by atoms with Gasteiger partial charge in [0.05, 0.1) is 0 Å². The molecule has 2 fully saturated rings. The Labute approximate surface area is 204 Å². The summed E-state index contributed by atoms with van der Waals surface area (Å²) in [5.41, 5.74) is 3.72. The second-order valence-corrected chi connectivity index (χ2v) is 10.3. The number of alkyl halides is 6. The van der Waals surface area contributed by atoms with Crippen LogP contribution < -0.4 is 0 Å². The molecule has 196 valence electrons. The number of piperidine rings is 1. The largest absolute Gasteiger partial charge is 0.434 e. The molecule has 0 aromatic heterocycles. The first-order valence-electron chi connectivity index (χ1n) is 11.7. The topological polar surface area (TPSA) is 36.0 Å². The van der Waals surface area contributed by atoms with E-state index < -0.39 is 24.5 Å². The summed E-state index contributed by atoms with van der Waals surface area (Å²) in [6.07, 6.45) is -11.3. The van der Waals surface area contributed by atoms with Crippen molar-refractivity contribution < 1.29 is 35.9 Å². The summed E-state index contributed by atoms with van der Waals surface area (Å²) < 4.78 is 82.9. The molecule has 0 bridgehead atoms. The van der Waals surface area contributed by atoms with E-state index in [9.17, 15) is 31.1 Å². The minimum absolute atomic E-state index is 0.0604. The monoisotopic (exact) mass is 525 g/mol. The van der Waals surface area contributed by atoms with E-state index in [-0.39, 0.29) is 18.6 Å². The number of halogens is 6. The molecule has 35 heavy (non-hydrogen) atoms. The van der Waals surface area contributed by atoms with Crippen LogP contribution in [0.3, 0.4) is 0 Å². The van der Waals surface area contributed by atoms with Crippen molar-refractivity contribution in [3.05, 3.63) is 34.9 Å². The number of rotatable bonds is 4. The first-order chi connectivity index (χ1) is 16.4. The lowest BCUT2D eigenvalue weighted by Crippen LogP contribution is -2.54. The van der Waals surface area contributed by atoms with E-state index in [1.54, 1.807) is 11.9 Å². The zero-order valence-corrected chi connectivity index (χ0v) is 20.2. The molecule has 2 saturated heterocycles. The average Bonchev–Trinajstić information content (AvgIpc) is 3.17. The molecule has 4 rings (SSSR count). The highest BCUT2D eigenvalue weighted by atomic mass is 32.2. The number of hydrogen-bond acceptors (Lipinski definition) is 5. The molecule has 3 aliphatic heterocycles. The van der Waals surface area contributed by atoms with E-state index in [2.05, 4.69) is 38.4 Å².